The van der Waals surface area contributed by atoms with Crippen LogP contribution in [0, 0.1) is 0 Å². The highest BCUT2D eigenvalue weighted by Gasteiger charge is 2.08. The van der Waals surface area contributed by atoms with Gasteiger partial charge < -0.3 is 5.73 Å². The van der Waals surface area contributed by atoms with E-state index < -0.39 is 0 Å². The third-order valence-corrected chi connectivity index (χ3v) is 2.86. The molecule has 2 N–H and O–H groups in total. The second-order valence-electron chi connectivity index (χ2n) is 4.23. The summed E-state index contributed by atoms with van der Waals surface area (Å²) in [4.78, 5) is 4.32. The molecule has 0 aliphatic rings. The Labute approximate surface area is 104 Å². The minimum absolute atomic E-state index is 0.0264. The van der Waals surface area contributed by atoms with Gasteiger partial charge in [0.25, 0.3) is 0 Å². The fraction of sp³-hybridized carbons (Fsp3) is 0.154. The zero-order chi connectivity index (χ0) is 12.5. The van der Waals surface area contributed by atoms with Crippen molar-refractivity contribution in [2.24, 2.45) is 5.73 Å². The van der Waals surface area contributed by atoms with Crippen LogP contribution in [-0.4, -0.2) is 20.0 Å². The monoisotopic (exact) mass is 239 g/mol. The van der Waals surface area contributed by atoms with Gasteiger partial charge in [-0.1, -0.05) is 17.3 Å². The molecule has 3 aromatic rings. The first-order valence-electron chi connectivity index (χ1n) is 5.78. The fourth-order valence-corrected chi connectivity index (χ4v) is 1.87. The lowest BCUT2D eigenvalue weighted by Crippen LogP contribution is -2.07. The fourth-order valence-electron chi connectivity index (χ4n) is 1.87. The van der Waals surface area contributed by atoms with Crippen molar-refractivity contribution >= 4 is 11.0 Å². The maximum absolute atomic E-state index is 5.88. The molecule has 0 saturated carbocycles. The molecule has 5 nitrogen and oxygen atoms in total. The Kier molecular flexibility index (Phi) is 2.53. The number of fused-ring (bicyclic) bond motifs is 1. The topological polar surface area (TPSA) is 69.6 Å². The molecule has 18 heavy (non-hydrogen) atoms. The summed E-state index contributed by atoms with van der Waals surface area (Å²) in [5.41, 5.74) is 8.69. The molecule has 0 spiro atoms. The van der Waals surface area contributed by atoms with Gasteiger partial charge in [0.1, 0.15) is 5.52 Å². The summed E-state index contributed by atoms with van der Waals surface area (Å²) in [6.45, 7) is 1.94. The van der Waals surface area contributed by atoms with Crippen LogP contribution in [0.5, 0.6) is 0 Å². The Balaban J connectivity index is 2.17. The highest BCUT2D eigenvalue weighted by molar-refractivity contribution is 5.75. The van der Waals surface area contributed by atoms with Crippen LogP contribution in [0.15, 0.2) is 42.6 Å². The largest absolute Gasteiger partial charge is 0.324 e. The van der Waals surface area contributed by atoms with E-state index in [4.69, 9.17) is 5.73 Å². The van der Waals surface area contributed by atoms with Gasteiger partial charge in [-0.05, 0) is 36.8 Å². The number of nitrogens with zero attached hydrogens (tertiary/aromatic N) is 4. The van der Waals surface area contributed by atoms with Gasteiger partial charge in [-0.15, -0.1) is 5.10 Å². The van der Waals surface area contributed by atoms with Gasteiger partial charge in [0.05, 0.1) is 5.52 Å². The van der Waals surface area contributed by atoms with Gasteiger partial charge in [-0.2, -0.15) is 4.68 Å². The summed E-state index contributed by atoms with van der Waals surface area (Å²) in [5, 5.41) is 8.24. The van der Waals surface area contributed by atoms with Crippen molar-refractivity contribution < 1.29 is 0 Å². The minimum Gasteiger partial charge on any atom is -0.324 e. The molecular weight excluding hydrogens is 226 g/mol. The number of aromatic nitrogens is 4. The molecule has 1 aromatic carbocycles. The molecule has 90 valence electrons. The normalized spacial score (nSPS) is 12.8. The van der Waals surface area contributed by atoms with Gasteiger partial charge in [0.2, 0.25) is 0 Å². The zero-order valence-corrected chi connectivity index (χ0v) is 9.99. The molecule has 1 atom stereocenters. The molecule has 0 amide bonds. The molecule has 2 heterocycles. The van der Waals surface area contributed by atoms with Gasteiger partial charge >= 0.3 is 0 Å². The maximum atomic E-state index is 5.88. The number of hydrogen-bond donors (Lipinski definition) is 1. The van der Waals surface area contributed by atoms with Crippen LogP contribution in [-0.2, 0) is 0 Å². The molecular formula is C13H13N5. The molecule has 0 bridgehead atoms. The Hall–Kier alpha value is -2.27. The lowest BCUT2D eigenvalue weighted by atomic mass is 10.1. The molecule has 0 saturated heterocycles. The molecule has 2 aromatic heterocycles. The predicted molar refractivity (Wildman–Crippen MR) is 69.3 cm³/mol. The van der Waals surface area contributed by atoms with E-state index in [2.05, 4.69) is 15.3 Å². The Morgan fingerprint density at radius 2 is 2.06 bits per heavy atom. The summed E-state index contributed by atoms with van der Waals surface area (Å²) < 4.78 is 1.72. The summed E-state index contributed by atoms with van der Waals surface area (Å²) in [6.07, 6.45) is 1.74. The molecule has 0 radical (unpaired) electrons. The van der Waals surface area contributed by atoms with E-state index in [1.165, 1.54) is 0 Å². The second-order valence-corrected chi connectivity index (χ2v) is 4.23. The first kappa shape index (κ1) is 10.9. The third kappa shape index (κ3) is 1.74. The highest BCUT2D eigenvalue weighted by Crippen LogP contribution is 2.17. The van der Waals surface area contributed by atoms with Crippen molar-refractivity contribution in [1.82, 2.24) is 20.0 Å². The Bertz CT molecular complexity index is 686. The average Bonchev–Trinajstić information content (AvgIpc) is 2.82. The van der Waals surface area contributed by atoms with E-state index in [1.54, 1.807) is 10.9 Å². The molecule has 0 aliphatic heterocycles. The number of hydrogen-bond acceptors (Lipinski definition) is 4. The number of pyridine rings is 1. The highest BCUT2D eigenvalue weighted by atomic mass is 15.4. The number of benzene rings is 1. The lowest BCUT2D eigenvalue weighted by Gasteiger charge is -2.07. The minimum atomic E-state index is -0.0264. The van der Waals surface area contributed by atoms with Gasteiger partial charge in [0, 0.05) is 12.2 Å². The van der Waals surface area contributed by atoms with E-state index in [9.17, 15) is 0 Å². The van der Waals surface area contributed by atoms with Crippen molar-refractivity contribution in [2.45, 2.75) is 13.0 Å². The number of nitrogens with two attached hydrogens (primary N) is 1. The first-order valence-corrected chi connectivity index (χ1v) is 5.78. The maximum Gasteiger partial charge on any atom is 0.156 e. The quantitative estimate of drug-likeness (QED) is 0.740. The molecule has 3 rings (SSSR count). The van der Waals surface area contributed by atoms with Gasteiger partial charge in [-0.3, -0.25) is 0 Å². The van der Waals surface area contributed by atoms with Crippen LogP contribution in [0.25, 0.3) is 16.9 Å². The Morgan fingerprint density at radius 3 is 2.89 bits per heavy atom. The standard InChI is InChI=1S/C13H13N5/c1-9(14)10-6-7-15-13(8-10)18-12-5-3-2-4-11(12)16-17-18/h2-9H,14H2,1H3/t9-/m0/s1. The Morgan fingerprint density at radius 1 is 1.22 bits per heavy atom. The van der Waals surface area contributed by atoms with Crippen molar-refractivity contribution in [3.63, 3.8) is 0 Å². The third-order valence-electron chi connectivity index (χ3n) is 2.86. The first-order chi connectivity index (χ1) is 8.75. The summed E-state index contributed by atoms with van der Waals surface area (Å²) in [7, 11) is 0. The molecule has 0 unspecified atom stereocenters. The zero-order valence-electron chi connectivity index (χ0n) is 9.99. The number of para-hydroxylation sites is 1. The van der Waals surface area contributed by atoms with Crippen LogP contribution < -0.4 is 5.73 Å². The number of rotatable bonds is 2. The molecule has 5 heteroatoms. The smallest absolute Gasteiger partial charge is 0.156 e. The van der Waals surface area contributed by atoms with E-state index >= 15 is 0 Å². The lowest BCUT2D eigenvalue weighted by molar-refractivity contribution is 0.780. The van der Waals surface area contributed by atoms with Gasteiger partial charge in [-0.25, -0.2) is 4.98 Å². The van der Waals surface area contributed by atoms with E-state index in [-0.39, 0.29) is 6.04 Å². The van der Waals surface area contributed by atoms with Crippen LogP contribution in [0.2, 0.25) is 0 Å². The van der Waals surface area contributed by atoms with Crippen LogP contribution in [0.3, 0.4) is 0 Å². The van der Waals surface area contributed by atoms with E-state index in [1.807, 2.05) is 43.3 Å². The predicted octanol–water partition coefficient (Wildman–Crippen LogP) is 1.84. The van der Waals surface area contributed by atoms with Crippen molar-refractivity contribution in [3.8, 4) is 5.82 Å². The van der Waals surface area contributed by atoms with Crippen LogP contribution in [0.1, 0.15) is 18.5 Å². The van der Waals surface area contributed by atoms with Crippen LogP contribution in [0.4, 0.5) is 0 Å². The van der Waals surface area contributed by atoms with Crippen LogP contribution >= 0.6 is 0 Å². The van der Waals surface area contributed by atoms with Gasteiger partial charge in [0.15, 0.2) is 5.82 Å². The molecule has 0 fully saturated rings. The summed E-state index contributed by atoms with van der Waals surface area (Å²) >= 11 is 0. The second kappa shape index (κ2) is 4.19. The SMILES string of the molecule is C[C@H](N)c1ccnc(-n2nnc3ccccc32)c1. The molecule has 0 aliphatic carbocycles. The van der Waals surface area contributed by atoms with E-state index in [0.717, 1.165) is 22.4 Å². The van der Waals surface area contributed by atoms with Crippen molar-refractivity contribution in [3.05, 3.63) is 48.2 Å². The summed E-state index contributed by atoms with van der Waals surface area (Å²) in [5.74, 6) is 0.735. The van der Waals surface area contributed by atoms with Crippen molar-refractivity contribution in [2.75, 3.05) is 0 Å². The average molecular weight is 239 g/mol. The summed E-state index contributed by atoms with van der Waals surface area (Å²) in [6, 6.07) is 11.6. The van der Waals surface area contributed by atoms with Crippen molar-refractivity contribution in [1.29, 1.82) is 0 Å². The van der Waals surface area contributed by atoms with E-state index in [0.29, 0.717) is 0 Å².